The maximum absolute atomic E-state index is 13.8. The summed E-state index contributed by atoms with van der Waals surface area (Å²) in [5.41, 5.74) is 1.45. The monoisotopic (exact) mass is 346 g/mol. The van der Waals surface area contributed by atoms with Crippen molar-refractivity contribution in [2.24, 2.45) is 0 Å². The Morgan fingerprint density at radius 1 is 1.20 bits per heavy atom. The molecule has 2 aromatic rings. The van der Waals surface area contributed by atoms with Gasteiger partial charge in [0, 0.05) is 19.2 Å². The number of rotatable bonds is 3. The quantitative estimate of drug-likeness (QED) is 0.833. The average molecular weight is 346 g/mol. The van der Waals surface area contributed by atoms with Crippen molar-refractivity contribution in [3.8, 4) is 11.1 Å². The summed E-state index contributed by atoms with van der Waals surface area (Å²) in [6.07, 6.45) is 0.894. The van der Waals surface area contributed by atoms with E-state index in [-0.39, 0.29) is 6.23 Å². The fraction of sp³-hybridized carbons (Fsp3) is 0.316. The molecule has 0 aliphatic carbocycles. The molecule has 0 N–H and O–H groups in total. The Hall–Kier alpha value is -2.47. The van der Waals surface area contributed by atoms with Gasteiger partial charge in [-0.3, -0.25) is 9.80 Å². The second kappa shape index (κ2) is 7.19. The number of likely N-dealkylation sites (tertiary alicyclic amines) is 1. The summed E-state index contributed by atoms with van der Waals surface area (Å²) in [7, 11) is 3.42. The van der Waals surface area contributed by atoms with E-state index in [1.54, 1.807) is 12.1 Å². The van der Waals surface area contributed by atoms with Crippen LogP contribution in [-0.2, 0) is 4.74 Å². The predicted molar refractivity (Wildman–Crippen MR) is 92.3 cm³/mol. The van der Waals surface area contributed by atoms with E-state index in [0.29, 0.717) is 16.8 Å². The van der Waals surface area contributed by atoms with Crippen molar-refractivity contribution in [2.75, 3.05) is 25.5 Å². The lowest BCUT2D eigenvalue weighted by molar-refractivity contribution is 0.0315. The number of hydrogen-bond acceptors (Lipinski definition) is 3. The van der Waals surface area contributed by atoms with Crippen molar-refractivity contribution in [3.05, 3.63) is 54.1 Å². The number of amides is 1. The van der Waals surface area contributed by atoms with Crippen LogP contribution in [0.2, 0.25) is 0 Å². The van der Waals surface area contributed by atoms with Crippen molar-refractivity contribution in [3.63, 3.8) is 0 Å². The minimum Gasteiger partial charge on any atom is -0.430 e. The molecule has 1 fully saturated rings. The van der Waals surface area contributed by atoms with Gasteiger partial charge in [-0.15, -0.1) is 0 Å². The van der Waals surface area contributed by atoms with Crippen molar-refractivity contribution in [2.45, 2.75) is 19.1 Å². The Kier molecular flexibility index (Phi) is 4.99. The Labute approximate surface area is 145 Å². The number of nitrogens with zero attached hydrogens (tertiary/aromatic N) is 2. The molecule has 0 saturated carbocycles. The van der Waals surface area contributed by atoms with Crippen LogP contribution in [0.25, 0.3) is 11.1 Å². The summed E-state index contributed by atoms with van der Waals surface area (Å²) in [5, 5.41) is 0. The first-order valence-corrected chi connectivity index (χ1v) is 8.16. The molecular formula is C19H20F2N2O2. The van der Waals surface area contributed by atoms with E-state index in [1.807, 2.05) is 11.9 Å². The molecule has 0 spiro atoms. The molecule has 1 heterocycles. The summed E-state index contributed by atoms with van der Waals surface area (Å²) in [4.78, 5) is 15.7. The van der Waals surface area contributed by atoms with Crippen LogP contribution in [0, 0.1) is 11.6 Å². The number of halogens is 2. The standard InChI is InChI=1S/C19H20F2N2O2/c1-22-10-4-7-18(22)25-19(24)23(2)17-12-15(21)8-9-16(17)13-5-3-6-14(20)11-13/h3,5-6,8-9,11-12,18H,4,7,10H2,1-2H3/t18-/m0/s1. The molecule has 25 heavy (non-hydrogen) atoms. The van der Waals surface area contributed by atoms with Gasteiger partial charge in [0.15, 0.2) is 6.23 Å². The molecule has 0 aromatic heterocycles. The van der Waals surface area contributed by atoms with Gasteiger partial charge >= 0.3 is 6.09 Å². The van der Waals surface area contributed by atoms with Gasteiger partial charge in [0.2, 0.25) is 0 Å². The Morgan fingerprint density at radius 3 is 2.64 bits per heavy atom. The molecular weight excluding hydrogens is 326 g/mol. The molecule has 1 aliphatic rings. The van der Waals surface area contributed by atoms with E-state index < -0.39 is 17.7 Å². The second-order valence-electron chi connectivity index (χ2n) is 6.19. The number of carbonyl (C=O) groups is 1. The Bertz CT molecular complexity index is 782. The summed E-state index contributed by atoms with van der Waals surface area (Å²) >= 11 is 0. The lowest BCUT2D eigenvalue weighted by Crippen LogP contribution is -2.36. The minimum absolute atomic E-state index is 0.277. The largest absolute Gasteiger partial charge is 0.430 e. The average Bonchev–Trinajstić information content (AvgIpc) is 2.99. The van der Waals surface area contributed by atoms with E-state index in [0.717, 1.165) is 19.4 Å². The lowest BCUT2D eigenvalue weighted by atomic mass is 10.0. The molecule has 6 heteroatoms. The zero-order chi connectivity index (χ0) is 18.0. The highest BCUT2D eigenvalue weighted by Gasteiger charge is 2.27. The number of anilines is 1. The van der Waals surface area contributed by atoms with Gasteiger partial charge in [0.25, 0.3) is 0 Å². The van der Waals surface area contributed by atoms with Crippen LogP contribution < -0.4 is 4.90 Å². The predicted octanol–water partition coefficient (Wildman–Crippen LogP) is 4.26. The van der Waals surface area contributed by atoms with Gasteiger partial charge in [-0.25, -0.2) is 13.6 Å². The van der Waals surface area contributed by atoms with E-state index in [4.69, 9.17) is 4.74 Å². The first kappa shape index (κ1) is 17.4. The van der Waals surface area contributed by atoms with E-state index in [2.05, 4.69) is 0 Å². The van der Waals surface area contributed by atoms with Crippen LogP contribution in [0.15, 0.2) is 42.5 Å². The smallest absolute Gasteiger partial charge is 0.415 e. The highest BCUT2D eigenvalue weighted by atomic mass is 19.1. The normalized spacial score (nSPS) is 17.5. The van der Waals surface area contributed by atoms with Gasteiger partial charge in [-0.05, 0) is 55.8 Å². The minimum atomic E-state index is -0.568. The van der Waals surface area contributed by atoms with Crippen LogP contribution in [0.4, 0.5) is 19.3 Å². The van der Waals surface area contributed by atoms with E-state index in [1.165, 1.54) is 42.3 Å². The summed E-state index contributed by atoms with van der Waals surface area (Å²) in [6.45, 7) is 0.871. The third-order valence-corrected chi connectivity index (χ3v) is 4.42. The number of ether oxygens (including phenoxy) is 1. The van der Waals surface area contributed by atoms with E-state index >= 15 is 0 Å². The van der Waals surface area contributed by atoms with Gasteiger partial charge in [-0.2, -0.15) is 0 Å². The maximum atomic E-state index is 13.8. The zero-order valence-corrected chi connectivity index (χ0v) is 14.2. The van der Waals surface area contributed by atoms with Crippen LogP contribution in [0.5, 0.6) is 0 Å². The van der Waals surface area contributed by atoms with Gasteiger partial charge in [0.1, 0.15) is 11.6 Å². The zero-order valence-electron chi connectivity index (χ0n) is 14.2. The fourth-order valence-corrected chi connectivity index (χ4v) is 3.00. The molecule has 1 amide bonds. The molecule has 0 unspecified atom stereocenters. The van der Waals surface area contributed by atoms with Gasteiger partial charge < -0.3 is 4.74 Å². The molecule has 1 aliphatic heterocycles. The second-order valence-corrected chi connectivity index (χ2v) is 6.19. The number of hydrogen-bond donors (Lipinski definition) is 0. The van der Waals surface area contributed by atoms with Crippen LogP contribution >= 0.6 is 0 Å². The maximum Gasteiger partial charge on any atom is 0.415 e. The molecule has 3 rings (SSSR count). The lowest BCUT2D eigenvalue weighted by Gasteiger charge is -2.25. The highest BCUT2D eigenvalue weighted by Crippen LogP contribution is 2.32. The van der Waals surface area contributed by atoms with Crippen molar-refractivity contribution < 1.29 is 18.3 Å². The van der Waals surface area contributed by atoms with Crippen LogP contribution in [0.3, 0.4) is 0 Å². The molecule has 0 bridgehead atoms. The molecule has 132 valence electrons. The first-order valence-electron chi connectivity index (χ1n) is 8.16. The molecule has 2 aromatic carbocycles. The van der Waals surface area contributed by atoms with Crippen LogP contribution in [-0.4, -0.2) is 37.9 Å². The topological polar surface area (TPSA) is 32.8 Å². The molecule has 4 nitrogen and oxygen atoms in total. The van der Waals surface area contributed by atoms with Crippen molar-refractivity contribution in [1.82, 2.24) is 4.90 Å². The molecule has 1 atom stereocenters. The van der Waals surface area contributed by atoms with E-state index in [9.17, 15) is 13.6 Å². The van der Waals surface area contributed by atoms with Gasteiger partial charge in [0.05, 0.1) is 5.69 Å². The van der Waals surface area contributed by atoms with Crippen molar-refractivity contribution >= 4 is 11.8 Å². The summed E-state index contributed by atoms with van der Waals surface area (Å²) in [6, 6.07) is 10.0. The summed E-state index contributed by atoms with van der Waals surface area (Å²) < 4.78 is 32.8. The SMILES string of the molecule is CN(C(=O)O[C@H]1CCCN1C)c1cc(F)ccc1-c1cccc(F)c1. The first-order chi connectivity index (χ1) is 12.0. The third kappa shape index (κ3) is 3.79. The van der Waals surface area contributed by atoms with Gasteiger partial charge in [-0.1, -0.05) is 12.1 Å². The fourth-order valence-electron chi connectivity index (χ4n) is 3.00. The highest BCUT2D eigenvalue weighted by molar-refractivity contribution is 5.93. The Morgan fingerprint density at radius 2 is 1.96 bits per heavy atom. The molecule has 0 radical (unpaired) electrons. The van der Waals surface area contributed by atoms with Crippen molar-refractivity contribution in [1.29, 1.82) is 0 Å². The number of benzene rings is 2. The van der Waals surface area contributed by atoms with Crippen LogP contribution in [0.1, 0.15) is 12.8 Å². The molecule has 1 saturated heterocycles. The number of carbonyl (C=O) groups excluding carboxylic acids is 1. The summed E-state index contributed by atoms with van der Waals surface area (Å²) in [5.74, 6) is -0.877. The third-order valence-electron chi connectivity index (χ3n) is 4.42. The Balaban J connectivity index is 1.90.